The maximum absolute atomic E-state index is 12.4. The van der Waals surface area contributed by atoms with Crippen LogP contribution in [0.4, 0.5) is 5.69 Å². The summed E-state index contributed by atoms with van der Waals surface area (Å²) in [6.07, 6.45) is 1.70. The molecule has 1 aliphatic heterocycles. The molecule has 0 unspecified atom stereocenters. The molecule has 0 atom stereocenters. The van der Waals surface area contributed by atoms with Crippen LogP contribution in [0, 0.1) is 0 Å². The summed E-state index contributed by atoms with van der Waals surface area (Å²) in [4.78, 5) is 29.6. The zero-order chi connectivity index (χ0) is 18.0. The predicted octanol–water partition coefficient (Wildman–Crippen LogP) is 3.32. The minimum atomic E-state index is -0.992. The predicted molar refractivity (Wildman–Crippen MR) is 96.9 cm³/mol. The van der Waals surface area contributed by atoms with E-state index in [-0.39, 0.29) is 17.2 Å². The molecule has 0 spiro atoms. The van der Waals surface area contributed by atoms with Gasteiger partial charge in [0.1, 0.15) is 5.75 Å². The van der Waals surface area contributed by atoms with E-state index >= 15 is 0 Å². The summed E-state index contributed by atoms with van der Waals surface area (Å²) in [5.74, 6) is -1.02. The van der Waals surface area contributed by atoms with E-state index in [1.807, 2.05) is 0 Å². The second-order valence-corrected chi connectivity index (χ2v) is 6.32. The van der Waals surface area contributed by atoms with Crippen LogP contribution in [0.15, 0.2) is 58.4 Å². The highest BCUT2D eigenvalue weighted by molar-refractivity contribution is 8.18. The topological polar surface area (TPSA) is 90.2 Å². The Kier molecular flexibility index (Phi) is 4.58. The third-order valence-electron chi connectivity index (χ3n) is 3.53. The first-order valence-corrected chi connectivity index (χ1v) is 8.14. The van der Waals surface area contributed by atoms with Gasteiger partial charge in [-0.05, 0) is 59.8 Å². The maximum atomic E-state index is 12.4. The van der Waals surface area contributed by atoms with Crippen molar-refractivity contribution in [2.45, 2.75) is 0 Å². The normalized spacial score (nSPS) is 17.5. The van der Waals surface area contributed by atoms with E-state index < -0.39 is 5.97 Å². The fourth-order valence-electron chi connectivity index (χ4n) is 2.16. The van der Waals surface area contributed by atoms with Crippen molar-refractivity contribution >= 4 is 40.6 Å². The van der Waals surface area contributed by atoms with Gasteiger partial charge in [-0.1, -0.05) is 12.1 Å². The van der Waals surface area contributed by atoms with Crippen LogP contribution in [0.5, 0.6) is 5.75 Å². The van der Waals surface area contributed by atoms with Crippen LogP contribution in [0.3, 0.4) is 0 Å². The van der Waals surface area contributed by atoms with Crippen molar-refractivity contribution in [1.29, 1.82) is 0 Å². The molecule has 25 heavy (non-hydrogen) atoms. The lowest BCUT2D eigenvalue weighted by atomic mass is 10.1. The number of phenols is 1. The molecule has 1 saturated heterocycles. The van der Waals surface area contributed by atoms with E-state index in [4.69, 9.17) is 5.11 Å². The molecule has 0 bridgehead atoms. The Morgan fingerprint density at radius 1 is 1.12 bits per heavy atom. The van der Waals surface area contributed by atoms with E-state index in [0.29, 0.717) is 15.8 Å². The number of carbonyl (C=O) groups excluding carboxylic acids is 1. The number of thioether (sulfide) groups is 1. The van der Waals surface area contributed by atoms with E-state index in [1.54, 1.807) is 37.4 Å². The van der Waals surface area contributed by atoms with Gasteiger partial charge in [0, 0.05) is 7.05 Å². The van der Waals surface area contributed by atoms with Gasteiger partial charge in [-0.15, -0.1) is 0 Å². The molecule has 126 valence electrons. The number of benzene rings is 2. The number of likely N-dealkylation sites (N-methyl/N-ethyl adjacent to an activating group) is 1. The summed E-state index contributed by atoms with van der Waals surface area (Å²) in [6.45, 7) is 0. The van der Waals surface area contributed by atoms with Crippen molar-refractivity contribution in [3.63, 3.8) is 0 Å². The zero-order valence-electron chi connectivity index (χ0n) is 13.2. The van der Waals surface area contributed by atoms with Crippen molar-refractivity contribution in [2.24, 2.45) is 4.99 Å². The number of carboxylic acid groups (broad SMARTS) is 1. The van der Waals surface area contributed by atoms with Gasteiger partial charge < -0.3 is 10.2 Å². The molecule has 2 N–H and O–H groups in total. The molecule has 0 aliphatic carbocycles. The van der Waals surface area contributed by atoms with Gasteiger partial charge in [-0.25, -0.2) is 9.79 Å². The number of amides is 1. The number of nitrogens with zero attached hydrogens (tertiary/aromatic N) is 2. The molecule has 1 heterocycles. The molecule has 1 fully saturated rings. The quantitative estimate of drug-likeness (QED) is 0.825. The highest BCUT2D eigenvalue weighted by Crippen LogP contribution is 2.33. The fourth-order valence-corrected chi connectivity index (χ4v) is 3.15. The zero-order valence-corrected chi connectivity index (χ0v) is 14.0. The summed E-state index contributed by atoms with van der Waals surface area (Å²) < 4.78 is 0. The third kappa shape index (κ3) is 3.72. The number of aromatic hydroxyl groups is 1. The molecule has 1 aliphatic rings. The molecule has 0 radical (unpaired) electrons. The van der Waals surface area contributed by atoms with Crippen molar-refractivity contribution in [3.8, 4) is 5.75 Å². The van der Waals surface area contributed by atoms with Gasteiger partial charge in [-0.2, -0.15) is 0 Å². The van der Waals surface area contributed by atoms with Crippen LogP contribution < -0.4 is 0 Å². The Balaban J connectivity index is 1.85. The van der Waals surface area contributed by atoms with Gasteiger partial charge >= 0.3 is 5.97 Å². The molecular formula is C18H14N2O4S. The van der Waals surface area contributed by atoms with Gasteiger partial charge in [0.25, 0.3) is 5.91 Å². The number of aliphatic imine (C=N–C) groups is 1. The average Bonchev–Trinajstić information content (AvgIpc) is 2.85. The SMILES string of the molecule is CN1C(=O)/C(=C/c2ccc(C(=O)O)cc2)SC1=Nc1ccc(O)cc1. The Morgan fingerprint density at radius 2 is 1.76 bits per heavy atom. The number of rotatable bonds is 3. The first kappa shape index (κ1) is 16.8. The summed E-state index contributed by atoms with van der Waals surface area (Å²) in [7, 11) is 1.64. The van der Waals surface area contributed by atoms with Crippen LogP contribution >= 0.6 is 11.8 Å². The van der Waals surface area contributed by atoms with Crippen LogP contribution in [0.25, 0.3) is 6.08 Å². The van der Waals surface area contributed by atoms with Crippen LogP contribution in [0.1, 0.15) is 15.9 Å². The van der Waals surface area contributed by atoms with Crippen LogP contribution in [-0.4, -0.2) is 39.2 Å². The molecule has 0 aromatic heterocycles. The van der Waals surface area contributed by atoms with Crippen LogP contribution in [0.2, 0.25) is 0 Å². The Hall–Kier alpha value is -3.06. The number of carboxylic acids is 1. The lowest BCUT2D eigenvalue weighted by Crippen LogP contribution is -2.23. The number of hydrogen-bond donors (Lipinski definition) is 2. The minimum absolute atomic E-state index is 0.151. The van der Waals surface area contributed by atoms with Crippen molar-refractivity contribution in [2.75, 3.05) is 7.05 Å². The van der Waals surface area contributed by atoms with E-state index in [1.165, 1.54) is 40.9 Å². The maximum Gasteiger partial charge on any atom is 0.335 e. The number of carbonyl (C=O) groups is 2. The number of phenolic OH excluding ortho intramolecular Hbond substituents is 1. The van der Waals surface area contributed by atoms with Crippen molar-refractivity contribution in [1.82, 2.24) is 4.90 Å². The molecule has 7 heteroatoms. The molecule has 1 amide bonds. The van der Waals surface area contributed by atoms with E-state index in [0.717, 1.165) is 5.56 Å². The second-order valence-electron chi connectivity index (χ2n) is 5.31. The lowest BCUT2D eigenvalue weighted by molar-refractivity contribution is -0.121. The monoisotopic (exact) mass is 354 g/mol. The Morgan fingerprint density at radius 3 is 2.36 bits per heavy atom. The summed E-state index contributed by atoms with van der Waals surface area (Å²) in [5.41, 5.74) is 1.56. The average molecular weight is 354 g/mol. The molecule has 2 aromatic rings. The first-order valence-electron chi connectivity index (χ1n) is 7.33. The molecular weight excluding hydrogens is 340 g/mol. The standard InChI is InChI=1S/C18H14N2O4S/c1-20-16(22)15(10-11-2-4-12(5-3-11)17(23)24)25-18(20)19-13-6-8-14(21)9-7-13/h2-10,21H,1H3,(H,23,24)/b15-10-,19-18?. The van der Waals surface area contributed by atoms with E-state index in [2.05, 4.69) is 4.99 Å². The summed E-state index contributed by atoms with van der Waals surface area (Å²) in [6, 6.07) is 12.7. The smallest absolute Gasteiger partial charge is 0.335 e. The molecule has 2 aromatic carbocycles. The summed E-state index contributed by atoms with van der Waals surface area (Å²) >= 11 is 1.24. The molecule has 6 nitrogen and oxygen atoms in total. The molecule has 3 rings (SSSR count). The van der Waals surface area contributed by atoms with Gasteiger partial charge in [0.15, 0.2) is 5.17 Å². The highest BCUT2D eigenvalue weighted by atomic mass is 32.2. The van der Waals surface area contributed by atoms with Crippen molar-refractivity contribution in [3.05, 3.63) is 64.6 Å². The lowest BCUT2D eigenvalue weighted by Gasteiger charge is -2.07. The third-order valence-corrected chi connectivity index (χ3v) is 4.59. The number of aromatic carboxylic acids is 1. The highest BCUT2D eigenvalue weighted by Gasteiger charge is 2.30. The Bertz CT molecular complexity index is 886. The molecule has 0 saturated carbocycles. The van der Waals surface area contributed by atoms with Gasteiger partial charge in [0.05, 0.1) is 16.2 Å². The largest absolute Gasteiger partial charge is 0.508 e. The fraction of sp³-hybridized carbons (Fsp3) is 0.0556. The number of amidine groups is 1. The number of hydrogen-bond acceptors (Lipinski definition) is 5. The van der Waals surface area contributed by atoms with Crippen molar-refractivity contribution < 1.29 is 19.8 Å². The van der Waals surface area contributed by atoms with E-state index in [9.17, 15) is 14.7 Å². The summed E-state index contributed by atoms with van der Waals surface area (Å²) in [5, 5.41) is 18.8. The van der Waals surface area contributed by atoms with Crippen LogP contribution in [-0.2, 0) is 4.79 Å². The minimum Gasteiger partial charge on any atom is -0.508 e. The van der Waals surface area contributed by atoms with Gasteiger partial charge in [-0.3, -0.25) is 9.69 Å². The second kappa shape index (κ2) is 6.82. The van der Waals surface area contributed by atoms with Gasteiger partial charge in [0.2, 0.25) is 0 Å². The first-order chi connectivity index (χ1) is 11.9. The Labute approximate surface area is 148 Å².